The van der Waals surface area contributed by atoms with Gasteiger partial charge >= 0.3 is 0 Å². The predicted molar refractivity (Wildman–Crippen MR) is 116 cm³/mol. The van der Waals surface area contributed by atoms with Gasteiger partial charge in [-0.3, -0.25) is 4.99 Å². The van der Waals surface area contributed by atoms with E-state index >= 15 is 0 Å². The molecule has 4 aliphatic rings. The Hall–Kier alpha value is -1.70. The maximum Gasteiger partial charge on any atom is 0.116 e. The number of benzene rings is 2. The first-order valence-corrected chi connectivity index (χ1v) is 12.2. The van der Waals surface area contributed by atoms with Gasteiger partial charge in [-0.2, -0.15) is 6.07 Å². The van der Waals surface area contributed by atoms with Crippen molar-refractivity contribution >= 4 is 35.8 Å². The fourth-order valence-corrected chi connectivity index (χ4v) is 8.84. The Balaban J connectivity index is 0.000000130. The molecule has 0 N–H and O–H groups in total. The molecule has 3 aliphatic heterocycles. The van der Waals surface area contributed by atoms with Gasteiger partial charge in [0.05, 0.1) is 5.70 Å². The van der Waals surface area contributed by atoms with Gasteiger partial charge in [0.1, 0.15) is 8.07 Å². The molecule has 0 spiro atoms. The molecule has 2 bridgehead atoms. The average Bonchev–Trinajstić information content (AvgIpc) is 3.31. The summed E-state index contributed by atoms with van der Waals surface area (Å²) in [5.74, 6) is 0. The van der Waals surface area contributed by atoms with Crippen molar-refractivity contribution in [3.63, 3.8) is 0 Å². The van der Waals surface area contributed by atoms with Crippen LogP contribution in [0.4, 0.5) is 0 Å². The number of allylic oxidation sites excluding steroid dienone is 4. The molecule has 132 valence electrons. The molecule has 0 saturated heterocycles. The van der Waals surface area contributed by atoms with E-state index in [0.29, 0.717) is 0 Å². The van der Waals surface area contributed by atoms with Gasteiger partial charge in [-0.05, 0) is 34.4 Å². The quantitative estimate of drug-likeness (QED) is 0.282. The Labute approximate surface area is 180 Å². The molecule has 1 nitrogen and oxygen atoms in total. The van der Waals surface area contributed by atoms with Crippen molar-refractivity contribution in [2.45, 2.75) is 26.9 Å². The first-order chi connectivity index (χ1) is 12.5. The molecule has 3 aromatic rings. The Morgan fingerprint density at radius 1 is 0.926 bits per heavy atom. The maximum absolute atomic E-state index is 4.42. The average molecular weight is 444 g/mol. The van der Waals surface area contributed by atoms with E-state index in [1.54, 1.807) is 10.4 Å². The molecule has 0 unspecified atom stereocenters. The van der Waals surface area contributed by atoms with Gasteiger partial charge in [-0.1, -0.05) is 55.7 Å². The molecular formula is C24H22NSiZr-. The number of aryl methyl sites for hydroxylation is 1. The summed E-state index contributed by atoms with van der Waals surface area (Å²) >= 11 is 0. The first-order valence-electron chi connectivity index (χ1n) is 9.25. The molecule has 0 atom stereocenters. The number of nitrogens with zero attached hydrogens (tertiary/aromatic N) is 1. The van der Waals surface area contributed by atoms with Gasteiger partial charge < -0.3 is 0 Å². The Morgan fingerprint density at radius 3 is 2.44 bits per heavy atom. The van der Waals surface area contributed by atoms with E-state index in [9.17, 15) is 0 Å². The fraction of sp³-hybridized carbons (Fsp3) is 0.167. The number of aliphatic imine (C=N–C) groups is 1. The first kappa shape index (κ1) is 18.7. The van der Waals surface area contributed by atoms with E-state index in [-0.39, 0.29) is 26.2 Å². The van der Waals surface area contributed by atoms with Crippen LogP contribution in [0.2, 0.25) is 13.1 Å². The van der Waals surface area contributed by atoms with Crippen LogP contribution in [0.5, 0.6) is 0 Å². The molecule has 27 heavy (non-hydrogen) atoms. The molecule has 0 fully saturated rings. The van der Waals surface area contributed by atoms with Crippen molar-refractivity contribution in [1.82, 2.24) is 0 Å². The Bertz CT molecular complexity index is 1220. The fourth-order valence-electron chi connectivity index (χ4n) is 4.99. The molecule has 0 saturated carbocycles. The SMILES string of the molecule is CC1=C2C3=CC=NC3=C1[Si]2(C)C.Cc1cc2c(ccc3ccccc32)[cH-]1.[Zr]. The number of hydrogen-bond donors (Lipinski definition) is 0. The van der Waals surface area contributed by atoms with Crippen LogP contribution in [-0.4, -0.2) is 14.3 Å². The van der Waals surface area contributed by atoms with Crippen molar-refractivity contribution in [2.24, 2.45) is 4.99 Å². The van der Waals surface area contributed by atoms with E-state index < -0.39 is 8.07 Å². The molecule has 0 radical (unpaired) electrons. The number of rotatable bonds is 0. The van der Waals surface area contributed by atoms with Crippen LogP contribution in [0.3, 0.4) is 0 Å². The summed E-state index contributed by atoms with van der Waals surface area (Å²) in [6.45, 7) is 9.23. The topological polar surface area (TPSA) is 12.4 Å². The molecule has 3 aromatic carbocycles. The molecular weight excluding hydrogens is 422 g/mol. The van der Waals surface area contributed by atoms with Gasteiger partial charge in [-0.15, -0.1) is 28.5 Å². The Morgan fingerprint density at radius 2 is 1.70 bits per heavy atom. The van der Waals surface area contributed by atoms with E-state index in [4.69, 9.17) is 0 Å². The molecule has 0 amide bonds. The maximum atomic E-state index is 4.42. The molecule has 7 rings (SSSR count). The minimum Gasteiger partial charge on any atom is -0.256 e. The number of fused-ring (bicyclic) bond motifs is 3. The normalized spacial score (nSPS) is 18.1. The monoisotopic (exact) mass is 442 g/mol. The third-order valence-corrected chi connectivity index (χ3v) is 9.72. The van der Waals surface area contributed by atoms with Gasteiger partial charge in [0.15, 0.2) is 0 Å². The zero-order valence-corrected chi connectivity index (χ0v) is 19.7. The van der Waals surface area contributed by atoms with Crippen LogP contribution >= 0.6 is 0 Å². The standard InChI is InChI=1S/C14H11.C10H11NSi.Zr/c1-10-8-12-7-6-11-4-2-3-5-13(11)14(12)9-10;1-6-9-7-4-5-11-8(7)10(6)12(9,2)3;/h2-9H,1H3;4-5H,1-3H3;/q-1;;. The zero-order chi connectivity index (χ0) is 18.1. The van der Waals surface area contributed by atoms with E-state index in [2.05, 4.69) is 86.5 Å². The zero-order valence-electron chi connectivity index (χ0n) is 16.2. The second-order valence-electron chi connectivity index (χ2n) is 8.03. The minimum atomic E-state index is -1.13. The summed E-state index contributed by atoms with van der Waals surface area (Å²) in [7, 11) is -1.13. The predicted octanol–water partition coefficient (Wildman–Crippen LogP) is 6.40. The van der Waals surface area contributed by atoms with E-state index in [1.165, 1.54) is 44.0 Å². The van der Waals surface area contributed by atoms with Crippen molar-refractivity contribution in [2.75, 3.05) is 0 Å². The van der Waals surface area contributed by atoms with Crippen LogP contribution in [0.25, 0.3) is 21.5 Å². The third kappa shape index (κ3) is 2.59. The van der Waals surface area contributed by atoms with Gasteiger partial charge in [0, 0.05) is 38.0 Å². The summed E-state index contributed by atoms with van der Waals surface area (Å²) in [5, 5.41) is 8.67. The molecule has 0 aromatic heterocycles. The number of hydrogen-bond acceptors (Lipinski definition) is 1. The molecule has 1 aliphatic carbocycles. The Kier molecular flexibility index (Phi) is 4.44. The second kappa shape index (κ2) is 6.43. The van der Waals surface area contributed by atoms with Gasteiger partial charge in [-0.25, -0.2) is 0 Å². The van der Waals surface area contributed by atoms with E-state index in [1.807, 2.05) is 6.21 Å². The summed E-state index contributed by atoms with van der Waals surface area (Å²) in [6.07, 6.45) is 4.10. The van der Waals surface area contributed by atoms with E-state index in [0.717, 1.165) is 0 Å². The van der Waals surface area contributed by atoms with Crippen LogP contribution in [0.1, 0.15) is 12.5 Å². The smallest absolute Gasteiger partial charge is 0.116 e. The van der Waals surface area contributed by atoms with Crippen molar-refractivity contribution in [1.29, 1.82) is 0 Å². The van der Waals surface area contributed by atoms with Crippen LogP contribution in [-0.2, 0) is 26.2 Å². The largest absolute Gasteiger partial charge is 0.256 e. The van der Waals surface area contributed by atoms with Crippen LogP contribution in [0.15, 0.2) is 86.8 Å². The van der Waals surface area contributed by atoms with Gasteiger partial charge in [0.25, 0.3) is 0 Å². The minimum absolute atomic E-state index is 0. The summed E-state index contributed by atoms with van der Waals surface area (Å²) in [6, 6.07) is 17.4. The molecule has 3 heteroatoms. The van der Waals surface area contributed by atoms with Crippen molar-refractivity contribution in [3.05, 3.63) is 87.4 Å². The summed E-state index contributed by atoms with van der Waals surface area (Å²) < 4.78 is 0. The third-order valence-electron chi connectivity index (χ3n) is 5.97. The summed E-state index contributed by atoms with van der Waals surface area (Å²) in [5.41, 5.74) is 5.62. The van der Waals surface area contributed by atoms with Crippen molar-refractivity contribution < 1.29 is 26.2 Å². The van der Waals surface area contributed by atoms with Gasteiger partial charge in [0.2, 0.25) is 0 Å². The molecule has 3 heterocycles. The van der Waals surface area contributed by atoms with Crippen molar-refractivity contribution in [3.8, 4) is 0 Å². The van der Waals surface area contributed by atoms with Crippen LogP contribution in [0, 0.1) is 6.92 Å². The van der Waals surface area contributed by atoms with Crippen LogP contribution < -0.4 is 0 Å². The second-order valence-corrected chi connectivity index (χ2v) is 12.3. The summed E-state index contributed by atoms with van der Waals surface area (Å²) in [4.78, 5) is 4.42.